The fourth-order valence-corrected chi connectivity index (χ4v) is 2.07. The van der Waals surface area contributed by atoms with Crippen molar-refractivity contribution in [3.05, 3.63) is 33.8 Å². The van der Waals surface area contributed by atoms with E-state index in [4.69, 9.17) is 23.2 Å². The zero-order chi connectivity index (χ0) is 15.8. The maximum atomic E-state index is 11.9. The lowest BCUT2D eigenvalue weighted by Gasteiger charge is -2.10. The average Bonchev–Trinajstić information content (AvgIpc) is 2.44. The molecule has 0 spiro atoms. The fourth-order valence-electron chi connectivity index (χ4n) is 1.57. The largest absolute Gasteiger partial charge is 0.393 e. The number of rotatable bonds is 7. The third kappa shape index (κ3) is 6.33. The minimum Gasteiger partial charge on any atom is -0.393 e. The molecule has 0 aliphatic heterocycles. The van der Waals surface area contributed by atoms with Crippen LogP contribution in [0.2, 0.25) is 10.0 Å². The van der Waals surface area contributed by atoms with E-state index in [0.29, 0.717) is 24.4 Å². The Hall–Kier alpha value is -1.30. The molecule has 2 amide bonds. The van der Waals surface area contributed by atoms with E-state index < -0.39 is 12.0 Å². The Balaban J connectivity index is 2.37. The van der Waals surface area contributed by atoms with Crippen LogP contribution in [0.15, 0.2) is 18.2 Å². The van der Waals surface area contributed by atoms with Crippen LogP contribution in [0.3, 0.4) is 0 Å². The third-order valence-electron chi connectivity index (χ3n) is 2.86. The van der Waals surface area contributed by atoms with Gasteiger partial charge in [0.1, 0.15) is 0 Å². The second kappa shape index (κ2) is 8.87. The molecule has 0 fully saturated rings. The number of hydrogen-bond acceptors (Lipinski definition) is 3. The van der Waals surface area contributed by atoms with Crippen molar-refractivity contribution in [1.82, 2.24) is 10.6 Å². The van der Waals surface area contributed by atoms with E-state index in [1.165, 1.54) is 12.1 Å². The molecular weight excluding hydrogens is 315 g/mol. The molecule has 7 heteroatoms. The zero-order valence-electron chi connectivity index (χ0n) is 11.7. The summed E-state index contributed by atoms with van der Waals surface area (Å²) in [6, 6.07) is 4.51. The van der Waals surface area contributed by atoms with Crippen molar-refractivity contribution in [3.63, 3.8) is 0 Å². The smallest absolute Gasteiger partial charge is 0.253 e. The minimum absolute atomic E-state index is 0.153. The Morgan fingerprint density at radius 3 is 2.62 bits per heavy atom. The predicted octanol–water partition coefficient (Wildman–Crippen LogP) is 2.00. The van der Waals surface area contributed by atoms with Crippen LogP contribution in [0.5, 0.6) is 0 Å². The highest BCUT2D eigenvalue weighted by Crippen LogP contribution is 2.20. The van der Waals surface area contributed by atoms with Gasteiger partial charge in [0.15, 0.2) is 0 Å². The molecule has 1 aromatic rings. The van der Waals surface area contributed by atoms with E-state index in [9.17, 15) is 14.7 Å². The van der Waals surface area contributed by atoms with E-state index in [1.54, 1.807) is 6.07 Å². The Morgan fingerprint density at radius 1 is 1.29 bits per heavy atom. The lowest BCUT2D eigenvalue weighted by molar-refractivity contribution is -0.120. The maximum absolute atomic E-state index is 11.9. The van der Waals surface area contributed by atoms with Gasteiger partial charge in [-0.1, -0.05) is 30.1 Å². The van der Waals surface area contributed by atoms with Crippen molar-refractivity contribution in [2.45, 2.75) is 25.9 Å². The predicted molar refractivity (Wildman–Crippen MR) is 82.7 cm³/mol. The molecule has 1 unspecified atom stereocenters. The Labute approximate surface area is 133 Å². The second-order valence-electron chi connectivity index (χ2n) is 4.51. The highest BCUT2D eigenvalue weighted by atomic mass is 35.5. The summed E-state index contributed by atoms with van der Waals surface area (Å²) in [6.07, 6.45) is 0.702. The lowest BCUT2D eigenvalue weighted by atomic mass is 10.2. The van der Waals surface area contributed by atoms with Gasteiger partial charge in [0.25, 0.3) is 5.91 Å². The van der Waals surface area contributed by atoms with Crippen molar-refractivity contribution in [1.29, 1.82) is 0 Å². The fraction of sp³-hybridized carbons (Fsp3) is 0.429. The van der Waals surface area contributed by atoms with Gasteiger partial charge in [-0.15, -0.1) is 0 Å². The standard InChI is InChI=1S/C14H18Cl2N2O3/c1-2-10(19)5-6-17-13(20)8-18-14(21)11-4-3-9(15)7-12(11)16/h3-4,7,10,19H,2,5-6,8H2,1H3,(H,17,20)(H,18,21). The molecule has 0 aromatic heterocycles. The van der Waals surface area contributed by atoms with E-state index in [-0.39, 0.29) is 23.0 Å². The number of halogens is 2. The van der Waals surface area contributed by atoms with E-state index >= 15 is 0 Å². The molecule has 1 atom stereocenters. The number of carbonyl (C=O) groups excluding carboxylic acids is 2. The third-order valence-corrected chi connectivity index (χ3v) is 3.40. The molecule has 1 rings (SSSR count). The molecule has 0 aliphatic rings. The monoisotopic (exact) mass is 332 g/mol. The van der Waals surface area contributed by atoms with Crippen LogP contribution in [0.1, 0.15) is 30.1 Å². The Bertz CT molecular complexity index is 509. The van der Waals surface area contributed by atoms with Gasteiger partial charge in [-0.25, -0.2) is 0 Å². The zero-order valence-corrected chi connectivity index (χ0v) is 13.2. The molecule has 0 aliphatic carbocycles. The van der Waals surface area contributed by atoms with Crippen molar-refractivity contribution in [3.8, 4) is 0 Å². The summed E-state index contributed by atoms with van der Waals surface area (Å²) in [5.74, 6) is -0.767. The van der Waals surface area contributed by atoms with Crippen LogP contribution < -0.4 is 10.6 Å². The highest BCUT2D eigenvalue weighted by molar-refractivity contribution is 6.36. The number of benzene rings is 1. The topological polar surface area (TPSA) is 78.4 Å². The summed E-state index contributed by atoms with van der Waals surface area (Å²) in [6.45, 7) is 2.08. The number of amides is 2. The molecule has 3 N–H and O–H groups in total. The number of nitrogens with one attached hydrogen (secondary N) is 2. The Kier molecular flexibility index (Phi) is 7.50. The molecule has 0 heterocycles. The highest BCUT2D eigenvalue weighted by Gasteiger charge is 2.12. The number of hydrogen-bond donors (Lipinski definition) is 3. The lowest BCUT2D eigenvalue weighted by Crippen LogP contribution is -2.38. The first-order valence-corrected chi connectivity index (χ1v) is 7.37. The van der Waals surface area contributed by atoms with Crippen LogP contribution in [0.4, 0.5) is 0 Å². The molecule has 5 nitrogen and oxygen atoms in total. The van der Waals surface area contributed by atoms with Crippen LogP contribution in [-0.4, -0.2) is 36.1 Å². The van der Waals surface area contributed by atoms with Gasteiger partial charge in [0.05, 0.1) is 23.2 Å². The van der Waals surface area contributed by atoms with Crippen molar-refractivity contribution >= 4 is 35.0 Å². The molecule has 1 aromatic carbocycles. The van der Waals surface area contributed by atoms with Crippen molar-refractivity contribution in [2.24, 2.45) is 0 Å². The quantitative estimate of drug-likeness (QED) is 0.714. The molecule has 0 saturated heterocycles. The molecule has 0 saturated carbocycles. The number of aliphatic hydroxyl groups is 1. The van der Waals surface area contributed by atoms with Crippen LogP contribution >= 0.6 is 23.2 Å². The SMILES string of the molecule is CCC(O)CCNC(=O)CNC(=O)c1ccc(Cl)cc1Cl. The summed E-state index contributed by atoms with van der Waals surface area (Å²) in [4.78, 5) is 23.4. The van der Waals surface area contributed by atoms with Crippen molar-refractivity contribution < 1.29 is 14.7 Å². The first-order chi connectivity index (χ1) is 9.93. The minimum atomic E-state index is -0.444. The number of aliphatic hydroxyl groups excluding tert-OH is 1. The van der Waals surface area contributed by atoms with Crippen LogP contribution in [-0.2, 0) is 4.79 Å². The second-order valence-corrected chi connectivity index (χ2v) is 5.35. The van der Waals surface area contributed by atoms with E-state index in [1.807, 2.05) is 6.92 Å². The summed E-state index contributed by atoms with van der Waals surface area (Å²) in [7, 11) is 0. The van der Waals surface area contributed by atoms with E-state index in [0.717, 1.165) is 0 Å². The van der Waals surface area contributed by atoms with Crippen molar-refractivity contribution in [2.75, 3.05) is 13.1 Å². The van der Waals surface area contributed by atoms with Gasteiger partial charge in [-0.2, -0.15) is 0 Å². The molecule has 116 valence electrons. The average molecular weight is 333 g/mol. The molecule has 0 radical (unpaired) electrons. The van der Waals surface area contributed by atoms with Gasteiger partial charge < -0.3 is 15.7 Å². The number of carbonyl (C=O) groups is 2. The first-order valence-electron chi connectivity index (χ1n) is 6.62. The molecular formula is C14H18Cl2N2O3. The Morgan fingerprint density at radius 2 is 2.00 bits per heavy atom. The molecule has 0 bridgehead atoms. The maximum Gasteiger partial charge on any atom is 0.253 e. The normalized spacial score (nSPS) is 11.8. The summed E-state index contributed by atoms with van der Waals surface area (Å²) >= 11 is 11.6. The van der Waals surface area contributed by atoms with Gasteiger partial charge in [-0.3, -0.25) is 9.59 Å². The summed E-state index contributed by atoms with van der Waals surface area (Å²) in [5, 5.41) is 15.1. The van der Waals surface area contributed by atoms with Gasteiger partial charge in [-0.05, 0) is 31.0 Å². The van der Waals surface area contributed by atoms with Gasteiger partial charge >= 0.3 is 0 Å². The van der Waals surface area contributed by atoms with Crippen LogP contribution in [0.25, 0.3) is 0 Å². The summed E-state index contributed by atoms with van der Waals surface area (Å²) in [5.41, 5.74) is 0.260. The van der Waals surface area contributed by atoms with Gasteiger partial charge in [0.2, 0.25) is 5.91 Å². The van der Waals surface area contributed by atoms with Crippen LogP contribution in [0, 0.1) is 0 Å². The first kappa shape index (κ1) is 17.8. The molecule has 21 heavy (non-hydrogen) atoms. The van der Waals surface area contributed by atoms with E-state index in [2.05, 4.69) is 10.6 Å². The summed E-state index contributed by atoms with van der Waals surface area (Å²) < 4.78 is 0. The van der Waals surface area contributed by atoms with Gasteiger partial charge in [0, 0.05) is 11.6 Å².